The third-order valence-electron chi connectivity index (χ3n) is 3.22. The molecule has 0 aliphatic heterocycles. The van der Waals surface area contributed by atoms with Crippen LogP contribution in [0.25, 0.3) is 22.2 Å². The summed E-state index contributed by atoms with van der Waals surface area (Å²) in [5, 5.41) is 1.15. The maximum atomic E-state index is 11.2. The topological polar surface area (TPSA) is 32.9 Å². The van der Waals surface area contributed by atoms with E-state index in [9.17, 15) is 4.79 Å². The number of nitrogens with one attached hydrogen (secondary N) is 1. The highest BCUT2D eigenvalue weighted by Crippen LogP contribution is 2.24. The van der Waals surface area contributed by atoms with E-state index in [1.165, 1.54) is 5.56 Å². The van der Waals surface area contributed by atoms with Gasteiger partial charge in [0.05, 0.1) is 0 Å². The van der Waals surface area contributed by atoms with E-state index < -0.39 is 0 Å². The van der Waals surface area contributed by atoms with E-state index in [2.05, 4.69) is 29.2 Å². The summed E-state index contributed by atoms with van der Waals surface area (Å²) in [5.41, 5.74) is 4.45. The van der Waals surface area contributed by atoms with Crippen LogP contribution in [0.2, 0.25) is 0 Å². The Kier molecular flexibility index (Phi) is 2.92. The first-order valence-electron chi connectivity index (χ1n) is 6.39. The monoisotopic (exact) mass is 249 g/mol. The molecule has 1 N–H and O–H groups in total. The van der Waals surface area contributed by atoms with Crippen LogP contribution >= 0.6 is 0 Å². The van der Waals surface area contributed by atoms with Crippen molar-refractivity contribution in [3.05, 3.63) is 60.2 Å². The van der Waals surface area contributed by atoms with Gasteiger partial charge >= 0.3 is 0 Å². The Balaban J connectivity index is 2.04. The van der Waals surface area contributed by atoms with Crippen molar-refractivity contribution in [2.75, 3.05) is 0 Å². The van der Waals surface area contributed by atoms with Gasteiger partial charge in [0.15, 0.2) is 0 Å². The zero-order valence-corrected chi connectivity index (χ0v) is 10.8. The summed E-state index contributed by atoms with van der Waals surface area (Å²) in [6.07, 6.45) is 0.502. The lowest BCUT2D eigenvalue weighted by atomic mass is 10.1. The minimum atomic E-state index is 0.193. The summed E-state index contributed by atoms with van der Waals surface area (Å²) in [7, 11) is 0. The molecule has 3 aromatic rings. The van der Waals surface area contributed by atoms with Crippen LogP contribution in [0.4, 0.5) is 0 Å². The second-order valence-corrected chi connectivity index (χ2v) is 4.85. The average molecular weight is 249 g/mol. The van der Waals surface area contributed by atoms with E-state index in [1.807, 2.05) is 30.3 Å². The maximum Gasteiger partial charge on any atom is 0.134 e. The molecule has 0 atom stereocenters. The van der Waals surface area contributed by atoms with E-state index in [4.69, 9.17) is 0 Å². The van der Waals surface area contributed by atoms with Gasteiger partial charge in [-0.25, -0.2) is 0 Å². The molecule has 0 aliphatic carbocycles. The van der Waals surface area contributed by atoms with Crippen molar-refractivity contribution in [2.24, 2.45) is 0 Å². The molecule has 2 heteroatoms. The van der Waals surface area contributed by atoms with Crippen LogP contribution in [0.3, 0.4) is 0 Å². The number of ketones is 1. The van der Waals surface area contributed by atoms with Gasteiger partial charge in [0.25, 0.3) is 0 Å². The van der Waals surface area contributed by atoms with Crippen molar-refractivity contribution in [3.63, 3.8) is 0 Å². The third kappa shape index (κ3) is 2.43. The number of hydrogen-bond donors (Lipinski definition) is 1. The number of carbonyl (C=O) groups excluding carboxylic acids is 1. The normalized spacial score (nSPS) is 10.8. The van der Waals surface area contributed by atoms with Gasteiger partial charge in [-0.1, -0.05) is 36.4 Å². The largest absolute Gasteiger partial charge is 0.355 e. The van der Waals surface area contributed by atoms with Crippen LogP contribution in [0, 0.1) is 0 Å². The van der Waals surface area contributed by atoms with E-state index in [0.29, 0.717) is 6.42 Å². The third-order valence-corrected chi connectivity index (χ3v) is 3.22. The molecule has 2 aromatic carbocycles. The van der Waals surface area contributed by atoms with Gasteiger partial charge in [0, 0.05) is 23.0 Å². The number of aromatic amines is 1. The first-order valence-corrected chi connectivity index (χ1v) is 6.39. The number of H-pyrrole nitrogens is 1. The minimum Gasteiger partial charge on any atom is -0.355 e. The number of rotatable bonds is 3. The summed E-state index contributed by atoms with van der Waals surface area (Å²) in [6, 6.07) is 18.5. The van der Waals surface area contributed by atoms with Gasteiger partial charge in [0.2, 0.25) is 0 Å². The smallest absolute Gasteiger partial charge is 0.134 e. The van der Waals surface area contributed by atoms with Crippen LogP contribution in [-0.2, 0) is 11.2 Å². The predicted molar refractivity (Wildman–Crippen MR) is 78.1 cm³/mol. The molecule has 0 saturated carbocycles. The van der Waals surface area contributed by atoms with Crippen LogP contribution in [-0.4, -0.2) is 10.8 Å². The Morgan fingerprint density at radius 1 is 1.05 bits per heavy atom. The maximum absolute atomic E-state index is 11.2. The predicted octanol–water partition coefficient (Wildman–Crippen LogP) is 3.97. The lowest BCUT2D eigenvalue weighted by molar-refractivity contribution is -0.116. The van der Waals surface area contributed by atoms with Gasteiger partial charge in [-0.3, -0.25) is 4.79 Å². The fraction of sp³-hybridized carbons (Fsp3) is 0.118. The average Bonchev–Trinajstić information content (AvgIpc) is 2.82. The molecule has 0 radical (unpaired) electrons. The second kappa shape index (κ2) is 4.73. The van der Waals surface area contributed by atoms with Crippen LogP contribution in [0.1, 0.15) is 12.5 Å². The number of Topliss-reactive ketones (excluding diaryl/α,β-unsaturated/α-hetero) is 1. The molecule has 0 bridgehead atoms. The van der Waals surface area contributed by atoms with Crippen molar-refractivity contribution >= 4 is 16.7 Å². The minimum absolute atomic E-state index is 0.193. The second-order valence-electron chi connectivity index (χ2n) is 4.85. The van der Waals surface area contributed by atoms with Gasteiger partial charge in [-0.05, 0) is 36.2 Å². The van der Waals surface area contributed by atoms with E-state index in [0.717, 1.165) is 22.2 Å². The van der Waals surface area contributed by atoms with Crippen LogP contribution in [0.15, 0.2) is 54.6 Å². The summed E-state index contributed by atoms with van der Waals surface area (Å²) < 4.78 is 0. The molecule has 19 heavy (non-hydrogen) atoms. The van der Waals surface area contributed by atoms with Gasteiger partial charge in [-0.15, -0.1) is 0 Å². The number of benzene rings is 2. The quantitative estimate of drug-likeness (QED) is 0.748. The lowest BCUT2D eigenvalue weighted by Crippen LogP contribution is -1.95. The van der Waals surface area contributed by atoms with Crippen molar-refractivity contribution in [1.82, 2.24) is 4.98 Å². The highest BCUT2D eigenvalue weighted by Gasteiger charge is 2.04. The molecule has 0 aliphatic rings. The Morgan fingerprint density at radius 2 is 1.84 bits per heavy atom. The molecule has 94 valence electrons. The molecule has 0 fully saturated rings. The molecule has 1 aromatic heterocycles. The molecule has 1 heterocycles. The zero-order chi connectivity index (χ0) is 13.2. The first kappa shape index (κ1) is 11.7. The Labute approximate surface area is 112 Å². The molecule has 0 saturated heterocycles. The van der Waals surface area contributed by atoms with Gasteiger partial charge in [0.1, 0.15) is 5.78 Å². The molecule has 2 nitrogen and oxygen atoms in total. The summed E-state index contributed by atoms with van der Waals surface area (Å²) in [6.45, 7) is 1.62. The molecule has 0 spiro atoms. The van der Waals surface area contributed by atoms with E-state index in [-0.39, 0.29) is 5.78 Å². The number of fused-ring (bicyclic) bond motifs is 1. The van der Waals surface area contributed by atoms with Gasteiger partial charge in [-0.2, -0.15) is 0 Å². The number of carbonyl (C=O) groups is 1. The Hall–Kier alpha value is -2.35. The molecular formula is C17H15NO. The van der Waals surface area contributed by atoms with Crippen molar-refractivity contribution in [1.29, 1.82) is 0 Å². The SMILES string of the molecule is CC(=O)Cc1ccc2[nH]c(-c3ccccc3)cc2c1. The fourth-order valence-corrected chi connectivity index (χ4v) is 2.35. The first-order chi connectivity index (χ1) is 9.22. The lowest BCUT2D eigenvalue weighted by Gasteiger charge is -1.97. The van der Waals surface area contributed by atoms with E-state index in [1.54, 1.807) is 6.92 Å². The molecule has 3 rings (SSSR count). The van der Waals surface area contributed by atoms with Crippen LogP contribution in [0.5, 0.6) is 0 Å². The Bertz CT molecular complexity index is 725. The highest BCUT2D eigenvalue weighted by atomic mass is 16.1. The summed E-state index contributed by atoms with van der Waals surface area (Å²) >= 11 is 0. The highest BCUT2D eigenvalue weighted by molar-refractivity contribution is 5.87. The summed E-state index contributed by atoms with van der Waals surface area (Å²) in [4.78, 5) is 14.6. The Morgan fingerprint density at radius 3 is 2.58 bits per heavy atom. The fourth-order valence-electron chi connectivity index (χ4n) is 2.35. The zero-order valence-electron chi connectivity index (χ0n) is 10.8. The van der Waals surface area contributed by atoms with Gasteiger partial charge < -0.3 is 4.98 Å². The van der Waals surface area contributed by atoms with Crippen molar-refractivity contribution < 1.29 is 4.79 Å². The van der Waals surface area contributed by atoms with E-state index >= 15 is 0 Å². The summed E-state index contributed by atoms with van der Waals surface area (Å²) in [5.74, 6) is 0.193. The molecule has 0 amide bonds. The molecular weight excluding hydrogens is 234 g/mol. The standard InChI is InChI=1S/C17H15NO/c1-12(19)9-13-7-8-16-15(10-13)11-17(18-16)14-5-3-2-4-6-14/h2-8,10-11,18H,9H2,1H3. The number of hydrogen-bond acceptors (Lipinski definition) is 1. The van der Waals surface area contributed by atoms with Crippen molar-refractivity contribution in [3.8, 4) is 11.3 Å². The van der Waals surface area contributed by atoms with Crippen LogP contribution < -0.4 is 0 Å². The van der Waals surface area contributed by atoms with Crippen molar-refractivity contribution in [2.45, 2.75) is 13.3 Å². The molecule has 0 unspecified atom stereocenters. The number of aromatic nitrogens is 1.